The highest BCUT2D eigenvalue weighted by Gasteiger charge is 2.42. The fourth-order valence-electron chi connectivity index (χ4n) is 3.80. The number of rotatable bonds is 18. The van der Waals surface area contributed by atoms with E-state index in [0.29, 0.717) is 6.61 Å². The molecule has 0 spiro atoms. The highest BCUT2D eigenvalue weighted by Crippen LogP contribution is 2.21. The van der Waals surface area contributed by atoms with Crippen LogP contribution in [0.2, 0.25) is 0 Å². The van der Waals surface area contributed by atoms with E-state index in [1.807, 2.05) is 0 Å². The summed E-state index contributed by atoms with van der Waals surface area (Å²) >= 11 is 0. The Bertz CT molecular complexity index is 418. The Labute approximate surface area is 183 Å². The molecule has 5 N–H and O–H groups in total. The minimum Gasteiger partial charge on any atom is -0.394 e. The highest BCUT2D eigenvalue weighted by molar-refractivity contribution is 4.91. The minimum absolute atomic E-state index is 0.376. The molecule has 178 valence electrons. The summed E-state index contributed by atoms with van der Waals surface area (Å²) in [6.07, 6.45) is 18.3. The second-order valence-corrected chi connectivity index (χ2v) is 8.59. The Hall–Kier alpha value is -0.500. The zero-order valence-electron chi connectivity index (χ0n) is 19.1. The molecule has 0 aromatic carbocycles. The molecule has 1 aliphatic heterocycles. The maximum atomic E-state index is 9.91. The van der Waals surface area contributed by atoms with E-state index in [0.717, 1.165) is 12.8 Å². The van der Waals surface area contributed by atoms with Crippen molar-refractivity contribution in [1.29, 1.82) is 0 Å². The van der Waals surface area contributed by atoms with Gasteiger partial charge >= 0.3 is 0 Å². The summed E-state index contributed by atoms with van der Waals surface area (Å²) in [4.78, 5) is 0. The first kappa shape index (κ1) is 27.5. The fraction of sp³-hybridized carbons (Fsp3) is 0.917. The van der Waals surface area contributed by atoms with Gasteiger partial charge in [0.05, 0.1) is 12.6 Å². The number of aliphatic hydroxyl groups excluding tert-OH is 3. The van der Waals surface area contributed by atoms with Crippen LogP contribution in [0, 0.1) is 0 Å². The summed E-state index contributed by atoms with van der Waals surface area (Å²) in [5.74, 6) is 0. The lowest BCUT2D eigenvalue weighted by atomic mass is 9.98. The lowest BCUT2D eigenvalue weighted by molar-refractivity contribution is -0.265. The van der Waals surface area contributed by atoms with Crippen LogP contribution >= 0.6 is 0 Å². The predicted molar refractivity (Wildman–Crippen MR) is 121 cm³/mol. The van der Waals surface area contributed by atoms with Crippen LogP contribution in [-0.2, 0) is 9.47 Å². The second-order valence-electron chi connectivity index (χ2n) is 8.59. The van der Waals surface area contributed by atoms with Gasteiger partial charge in [0.1, 0.15) is 18.3 Å². The molecule has 1 rings (SSSR count). The normalized spacial score (nSPS) is 27.2. The van der Waals surface area contributed by atoms with Crippen molar-refractivity contribution in [3.8, 4) is 0 Å². The SMILES string of the molecule is CCCCCCCC/C=C\CCCCCCCCO[C@H]1O[C@H](CO)[C@@H](O)[C@H](O)[C@H]1N. The van der Waals surface area contributed by atoms with Crippen molar-refractivity contribution in [3.63, 3.8) is 0 Å². The van der Waals surface area contributed by atoms with Crippen LogP contribution in [0.5, 0.6) is 0 Å². The molecule has 1 fully saturated rings. The van der Waals surface area contributed by atoms with E-state index in [-0.39, 0.29) is 6.61 Å². The minimum atomic E-state index is -1.18. The van der Waals surface area contributed by atoms with Gasteiger partial charge in [0.2, 0.25) is 0 Å². The van der Waals surface area contributed by atoms with Crippen molar-refractivity contribution in [3.05, 3.63) is 12.2 Å². The Balaban J connectivity index is 1.90. The Morgan fingerprint density at radius 2 is 1.33 bits per heavy atom. The number of ether oxygens (including phenoxy) is 2. The van der Waals surface area contributed by atoms with Crippen molar-refractivity contribution >= 4 is 0 Å². The molecule has 6 heteroatoms. The first-order chi connectivity index (χ1) is 14.6. The van der Waals surface area contributed by atoms with Crippen molar-refractivity contribution in [2.75, 3.05) is 13.2 Å². The molecule has 0 aromatic heterocycles. The van der Waals surface area contributed by atoms with Gasteiger partial charge in [-0.25, -0.2) is 0 Å². The fourth-order valence-corrected chi connectivity index (χ4v) is 3.80. The van der Waals surface area contributed by atoms with Crippen LogP contribution in [0.3, 0.4) is 0 Å². The molecular formula is C24H47NO5. The molecule has 0 bridgehead atoms. The Morgan fingerprint density at radius 1 is 0.800 bits per heavy atom. The molecule has 30 heavy (non-hydrogen) atoms. The standard InChI is InChI=1S/C24H47NO5/c1-2-3-4-5-6-7-8-9-10-11-12-13-14-15-16-17-18-29-24-21(25)23(28)22(27)20(19-26)30-24/h9-10,20-24,26-28H,2-8,11-19,25H2,1H3/b10-9-/t20-,21-,22-,23-,24+/m1/s1. The topological polar surface area (TPSA) is 105 Å². The maximum absolute atomic E-state index is 9.91. The molecule has 0 radical (unpaired) electrons. The van der Waals surface area contributed by atoms with Crippen molar-refractivity contribution in [2.45, 2.75) is 127 Å². The van der Waals surface area contributed by atoms with E-state index >= 15 is 0 Å². The quantitative estimate of drug-likeness (QED) is 0.195. The summed E-state index contributed by atoms with van der Waals surface area (Å²) < 4.78 is 11.1. The number of aliphatic hydroxyl groups is 3. The molecule has 0 unspecified atom stereocenters. The summed E-state index contributed by atoms with van der Waals surface area (Å²) in [6, 6.07) is -0.808. The van der Waals surface area contributed by atoms with Gasteiger partial charge in [-0.3, -0.25) is 0 Å². The average Bonchev–Trinajstić information content (AvgIpc) is 2.75. The first-order valence-corrected chi connectivity index (χ1v) is 12.3. The van der Waals surface area contributed by atoms with E-state index in [1.165, 1.54) is 77.0 Å². The summed E-state index contributed by atoms with van der Waals surface area (Å²) in [6.45, 7) is 2.38. The van der Waals surface area contributed by atoms with Gasteiger partial charge in [0.15, 0.2) is 6.29 Å². The van der Waals surface area contributed by atoms with E-state index in [1.54, 1.807) is 0 Å². The first-order valence-electron chi connectivity index (χ1n) is 12.3. The van der Waals surface area contributed by atoms with Gasteiger partial charge in [-0.05, 0) is 32.1 Å². The smallest absolute Gasteiger partial charge is 0.175 e. The molecular weight excluding hydrogens is 382 g/mol. The van der Waals surface area contributed by atoms with Crippen molar-refractivity contribution in [1.82, 2.24) is 0 Å². The molecule has 1 heterocycles. The lowest BCUT2D eigenvalue weighted by Crippen LogP contribution is -2.62. The van der Waals surface area contributed by atoms with Gasteiger partial charge in [0, 0.05) is 6.61 Å². The number of nitrogens with two attached hydrogens (primary N) is 1. The van der Waals surface area contributed by atoms with E-state index in [2.05, 4.69) is 19.1 Å². The van der Waals surface area contributed by atoms with Gasteiger partial charge in [-0.1, -0.05) is 76.9 Å². The van der Waals surface area contributed by atoms with E-state index in [4.69, 9.17) is 15.2 Å². The lowest BCUT2D eigenvalue weighted by Gasteiger charge is -2.40. The van der Waals surface area contributed by atoms with Gasteiger partial charge in [-0.15, -0.1) is 0 Å². The maximum Gasteiger partial charge on any atom is 0.175 e. The van der Waals surface area contributed by atoms with Gasteiger partial charge < -0.3 is 30.5 Å². The average molecular weight is 430 g/mol. The second kappa shape index (κ2) is 18.1. The van der Waals surface area contributed by atoms with E-state index in [9.17, 15) is 15.3 Å². The zero-order chi connectivity index (χ0) is 22.0. The van der Waals surface area contributed by atoms with Crippen molar-refractivity contribution in [2.24, 2.45) is 5.73 Å². The molecule has 0 aliphatic carbocycles. The molecule has 0 saturated carbocycles. The van der Waals surface area contributed by atoms with Crippen LogP contribution in [0.25, 0.3) is 0 Å². The highest BCUT2D eigenvalue weighted by atomic mass is 16.7. The van der Waals surface area contributed by atoms with Crippen LogP contribution < -0.4 is 5.73 Å². The number of unbranched alkanes of at least 4 members (excludes halogenated alkanes) is 12. The Morgan fingerprint density at radius 3 is 1.90 bits per heavy atom. The predicted octanol–water partition coefficient (Wildman–Crippen LogP) is 3.81. The summed E-state index contributed by atoms with van der Waals surface area (Å²) in [7, 11) is 0. The molecule has 0 amide bonds. The van der Waals surface area contributed by atoms with Gasteiger partial charge in [0.25, 0.3) is 0 Å². The summed E-state index contributed by atoms with van der Waals surface area (Å²) in [5, 5.41) is 28.9. The number of hydrogen-bond acceptors (Lipinski definition) is 6. The van der Waals surface area contributed by atoms with Crippen LogP contribution in [-0.4, -0.2) is 59.2 Å². The van der Waals surface area contributed by atoms with Crippen LogP contribution in [0.4, 0.5) is 0 Å². The Kier molecular flexibility index (Phi) is 16.6. The summed E-state index contributed by atoms with van der Waals surface area (Å²) in [5.41, 5.74) is 5.85. The third-order valence-electron chi connectivity index (χ3n) is 5.87. The van der Waals surface area contributed by atoms with Crippen LogP contribution in [0.15, 0.2) is 12.2 Å². The van der Waals surface area contributed by atoms with Gasteiger partial charge in [-0.2, -0.15) is 0 Å². The largest absolute Gasteiger partial charge is 0.394 e. The van der Waals surface area contributed by atoms with Crippen LogP contribution in [0.1, 0.15) is 96.8 Å². The third-order valence-corrected chi connectivity index (χ3v) is 5.87. The number of hydrogen-bond donors (Lipinski definition) is 4. The molecule has 5 atom stereocenters. The third kappa shape index (κ3) is 11.8. The zero-order valence-corrected chi connectivity index (χ0v) is 19.1. The van der Waals surface area contributed by atoms with Crippen molar-refractivity contribution < 1.29 is 24.8 Å². The monoisotopic (exact) mass is 429 g/mol. The molecule has 0 aromatic rings. The molecule has 1 saturated heterocycles. The molecule has 6 nitrogen and oxygen atoms in total. The van der Waals surface area contributed by atoms with E-state index < -0.39 is 30.6 Å². The number of allylic oxidation sites excluding steroid dienone is 2. The molecule has 1 aliphatic rings.